The Balaban J connectivity index is 1.81. The summed E-state index contributed by atoms with van der Waals surface area (Å²) in [5, 5.41) is 4.98. The van der Waals surface area contributed by atoms with E-state index < -0.39 is 0 Å². The van der Waals surface area contributed by atoms with Crippen LogP contribution in [0.25, 0.3) is 11.1 Å². The van der Waals surface area contributed by atoms with Gasteiger partial charge in [-0.1, -0.05) is 42.5 Å². The van der Waals surface area contributed by atoms with Gasteiger partial charge in [0.2, 0.25) is 0 Å². The van der Waals surface area contributed by atoms with Crippen molar-refractivity contribution in [3.05, 3.63) is 76.5 Å². The molecule has 0 radical (unpaired) electrons. The van der Waals surface area contributed by atoms with E-state index in [0.717, 1.165) is 28.2 Å². The van der Waals surface area contributed by atoms with Crippen LogP contribution in [0.1, 0.15) is 15.2 Å². The maximum absolute atomic E-state index is 12.7. The van der Waals surface area contributed by atoms with Gasteiger partial charge in [0.25, 0.3) is 5.91 Å². The summed E-state index contributed by atoms with van der Waals surface area (Å²) in [5.41, 5.74) is 4.03. The van der Waals surface area contributed by atoms with Crippen molar-refractivity contribution in [3.8, 4) is 11.1 Å². The summed E-state index contributed by atoms with van der Waals surface area (Å²) in [6.45, 7) is 0.845. The minimum atomic E-state index is -0.0640. The molecule has 1 heterocycles. The van der Waals surface area contributed by atoms with Gasteiger partial charge in [0.05, 0.1) is 4.88 Å². The molecule has 24 heavy (non-hydrogen) atoms. The van der Waals surface area contributed by atoms with Gasteiger partial charge in [0, 0.05) is 17.8 Å². The first-order valence-corrected chi connectivity index (χ1v) is 8.69. The third-order valence-corrected chi connectivity index (χ3v) is 4.55. The molecule has 3 aromatic rings. The Morgan fingerprint density at radius 1 is 1.04 bits per heavy atom. The summed E-state index contributed by atoms with van der Waals surface area (Å²) in [7, 11) is 4.06. The fourth-order valence-electron chi connectivity index (χ4n) is 2.63. The Kier molecular flexibility index (Phi) is 5.08. The van der Waals surface area contributed by atoms with Gasteiger partial charge >= 0.3 is 0 Å². The lowest BCUT2D eigenvalue weighted by Gasteiger charge is -2.11. The molecule has 0 unspecified atom stereocenters. The van der Waals surface area contributed by atoms with E-state index in [1.807, 2.05) is 74.1 Å². The lowest BCUT2D eigenvalue weighted by Crippen LogP contribution is -2.13. The quantitative estimate of drug-likeness (QED) is 0.730. The molecule has 3 rings (SSSR count). The van der Waals surface area contributed by atoms with Crippen LogP contribution in [0.15, 0.2) is 66.0 Å². The number of carbonyl (C=O) groups is 1. The summed E-state index contributed by atoms with van der Waals surface area (Å²) < 4.78 is 0. The molecule has 1 amide bonds. The third kappa shape index (κ3) is 3.91. The fraction of sp³-hybridized carbons (Fsp3) is 0.150. The van der Waals surface area contributed by atoms with Crippen LogP contribution in [0.5, 0.6) is 0 Å². The Bertz CT molecular complexity index is 824. The van der Waals surface area contributed by atoms with Crippen LogP contribution in [-0.2, 0) is 6.54 Å². The van der Waals surface area contributed by atoms with Gasteiger partial charge in [0.15, 0.2) is 0 Å². The number of nitrogens with zero attached hydrogens (tertiary/aromatic N) is 1. The Morgan fingerprint density at radius 3 is 2.58 bits per heavy atom. The van der Waals surface area contributed by atoms with Crippen LogP contribution in [0, 0.1) is 0 Å². The molecule has 1 N–H and O–H groups in total. The Labute approximate surface area is 146 Å². The average Bonchev–Trinajstić information content (AvgIpc) is 3.05. The van der Waals surface area contributed by atoms with E-state index in [-0.39, 0.29) is 5.91 Å². The van der Waals surface area contributed by atoms with E-state index in [1.54, 1.807) is 0 Å². The molecule has 3 nitrogen and oxygen atoms in total. The summed E-state index contributed by atoms with van der Waals surface area (Å²) >= 11 is 1.47. The molecule has 0 saturated heterocycles. The van der Waals surface area contributed by atoms with Crippen LogP contribution in [0.3, 0.4) is 0 Å². The minimum absolute atomic E-state index is 0.0640. The van der Waals surface area contributed by atoms with Crippen LogP contribution >= 0.6 is 11.3 Å². The van der Waals surface area contributed by atoms with Gasteiger partial charge in [0.1, 0.15) is 0 Å². The highest BCUT2D eigenvalue weighted by Gasteiger charge is 2.14. The number of nitrogens with one attached hydrogen (secondary N) is 1. The number of thiophene rings is 1. The van der Waals surface area contributed by atoms with Crippen LogP contribution in [0.2, 0.25) is 0 Å². The summed E-state index contributed by atoms with van der Waals surface area (Å²) in [5.74, 6) is -0.0640. The van der Waals surface area contributed by atoms with Crippen molar-refractivity contribution in [2.75, 3.05) is 19.4 Å². The van der Waals surface area contributed by atoms with E-state index in [0.29, 0.717) is 0 Å². The molecular formula is C20H20N2OS. The Morgan fingerprint density at radius 2 is 1.83 bits per heavy atom. The second-order valence-electron chi connectivity index (χ2n) is 5.92. The zero-order valence-corrected chi connectivity index (χ0v) is 14.6. The van der Waals surface area contributed by atoms with Crippen molar-refractivity contribution in [2.45, 2.75) is 6.54 Å². The standard InChI is InChI=1S/C20H20N2OS/c1-22(2)14-15-7-6-10-17(13-15)21-20(23)19-18(11-12-24-19)16-8-4-3-5-9-16/h3-13H,14H2,1-2H3,(H,21,23). The number of anilines is 1. The molecular weight excluding hydrogens is 316 g/mol. The van der Waals surface area contributed by atoms with Crippen molar-refractivity contribution in [2.24, 2.45) is 0 Å². The average molecular weight is 336 g/mol. The fourth-order valence-corrected chi connectivity index (χ4v) is 3.44. The molecule has 0 aliphatic rings. The van der Waals surface area contributed by atoms with Crippen molar-refractivity contribution in [3.63, 3.8) is 0 Å². The van der Waals surface area contributed by atoms with Crippen molar-refractivity contribution in [1.29, 1.82) is 0 Å². The maximum atomic E-state index is 12.7. The SMILES string of the molecule is CN(C)Cc1cccc(NC(=O)c2sccc2-c2ccccc2)c1. The van der Waals surface area contributed by atoms with Gasteiger partial charge in [-0.3, -0.25) is 4.79 Å². The summed E-state index contributed by atoms with van der Waals surface area (Å²) in [4.78, 5) is 15.5. The van der Waals surface area contributed by atoms with E-state index in [9.17, 15) is 4.79 Å². The molecule has 0 aliphatic heterocycles. The second kappa shape index (κ2) is 7.43. The zero-order valence-electron chi connectivity index (χ0n) is 13.8. The summed E-state index contributed by atoms with van der Waals surface area (Å²) in [6, 6.07) is 20.0. The van der Waals surface area contributed by atoms with E-state index >= 15 is 0 Å². The van der Waals surface area contributed by atoms with Gasteiger partial charge in [-0.25, -0.2) is 0 Å². The van der Waals surface area contributed by atoms with Crippen LogP contribution < -0.4 is 5.32 Å². The normalized spacial score (nSPS) is 10.8. The van der Waals surface area contributed by atoms with E-state index in [4.69, 9.17) is 0 Å². The Hall–Kier alpha value is -2.43. The first-order valence-electron chi connectivity index (χ1n) is 7.81. The minimum Gasteiger partial charge on any atom is -0.321 e. The maximum Gasteiger partial charge on any atom is 0.266 e. The van der Waals surface area contributed by atoms with Crippen LogP contribution in [-0.4, -0.2) is 24.9 Å². The first-order chi connectivity index (χ1) is 11.6. The topological polar surface area (TPSA) is 32.3 Å². The lowest BCUT2D eigenvalue weighted by atomic mass is 10.1. The lowest BCUT2D eigenvalue weighted by molar-refractivity contribution is 0.103. The molecule has 0 aliphatic carbocycles. The van der Waals surface area contributed by atoms with Gasteiger partial charge in [-0.2, -0.15) is 0 Å². The van der Waals surface area contributed by atoms with E-state index in [1.165, 1.54) is 16.9 Å². The van der Waals surface area contributed by atoms with Crippen LogP contribution in [0.4, 0.5) is 5.69 Å². The highest BCUT2D eigenvalue weighted by Crippen LogP contribution is 2.29. The highest BCUT2D eigenvalue weighted by atomic mass is 32.1. The molecule has 0 fully saturated rings. The number of carbonyl (C=O) groups excluding carboxylic acids is 1. The van der Waals surface area contributed by atoms with Gasteiger partial charge in [-0.05, 0) is 48.8 Å². The predicted molar refractivity (Wildman–Crippen MR) is 102 cm³/mol. The van der Waals surface area contributed by atoms with Crippen molar-refractivity contribution < 1.29 is 4.79 Å². The molecule has 0 atom stereocenters. The van der Waals surface area contributed by atoms with E-state index in [2.05, 4.69) is 16.3 Å². The number of hydrogen-bond acceptors (Lipinski definition) is 3. The summed E-state index contributed by atoms with van der Waals surface area (Å²) in [6.07, 6.45) is 0. The molecule has 4 heteroatoms. The largest absolute Gasteiger partial charge is 0.321 e. The molecule has 0 saturated carbocycles. The van der Waals surface area contributed by atoms with Gasteiger partial charge in [-0.15, -0.1) is 11.3 Å². The number of benzene rings is 2. The molecule has 2 aromatic carbocycles. The molecule has 0 bridgehead atoms. The molecule has 122 valence electrons. The predicted octanol–water partition coefficient (Wildman–Crippen LogP) is 4.73. The number of hydrogen-bond donors (Lipinski definition) is 1. The van der Waals surface area contributed by atoms with Crippen molar-refractivity contribution >= 4 is 22.9 Å². The zero-order chi connectivity index (χ0) is 16.9. The number of rotatable bonds is 5. The highest BCUT2D eigenvalue weighted by molar-refractivity contribution is 7.12. The molecule has 1 aromatic heterocycles. The molecule has 0 spiro atoms. The number of amides is 1. The van der Waals surface area contributed by atoms with Crippen molar-refractivity contribution in [1.82, 2.24) is 4.90 Å². The smallest absolute Gasteiger partial charge is 0.266 e. The monoisotopic (exact) mass is 336 g/mol. The first kappa shape index (κ1) is 16.4. The van der Waals surface area contributed by atoms with Gasteiger partial charge < -0.3 is 10.2 Å². The third-order valence-electron chi connectivity index (χ3n) is 3.64. The second-order valence-corrected chi connectivity index (χ2v) is 6.84.